The smallest absolute Gasteiger partial charge is 0.282 e. The summed E-state index contributed by atoms with van der Waals surface area (Å²) < 4.78 is 16.8. The number of carbonyl (C=O) groups is 2. The van der Waals surface area contributed by atoms with Crippen molar-refractivity contribution < 1.29 is 23.5 Å². The number of nitrogens with one attached hydrogen (secondary N) is 2. The van der Waals surface area contributed by atoms with Gasteiger partial charge in [-0.25, -0.2) is 15.0 Å². The van der Waals surface area contributed by atoms with E-state index in [2.05, 4.69) is 30.7 Å². The third-order valence-corrected chi connectivity index (χ3v) is 7.66. The first-order valence-electron chi connectivity index (χ1n) is 14.9. The van der Waals surface area contributed by atoms with Crippen molar-refractivity contribution in [1.29, 1.82) is 0 Å². The predicted molar refractivity (Wildman–Crippen MR) is 178 cm³/mol. The fourth-order valence-electron chi connectivity index (χ4n) is 4.86. The average Bonchev–Trinajstić information content (AvgIpc) is 3.85. The first kappa shape index (κ1) is 33.0. The van der Waals surface area contributed by atoms with E-state index in [1.165, 1.54) is 16.6 Å². The largest absolute Gasteiger partial charge is 0.463 e. The zero-order valence-electron chi connectivity index (χ0n) is 26.0. The Bertz CT molecular complexity index is 1750. The molecule has 2 aromatic heterocycles. The van der Waals surface area contributed by atoms with E-state index in [1.54, 1.807) is 20.2 Å². The molecule has 2 aliphatic rings. The number of amidine groups is 2. The topological polar surface area (TPSA) is 197 Å². The first-order chi connectivity index (χ1) is 22.6. The number of hydrogen-bond acceptors (Lipinski definition) is 11. The van der Waals surface area contributed by atoms with Gasteiger partial charge in [0.1, 0.15) is 19.0 Å². The molecule has 2 atom stereocenters. The molecule has 15 heteroatoms. The lowest BCUT2D eigenvalue weighted by molar-refractivity contribution is 0.101. The molecule has 2 aromatic carbocycles. The zero-order valence-corrected chi connectivity index (χ0v) is 26.7. The molecular formula is C32H36ClN9O5. The molecular weight excluding hydrogens is 626 g/mol. The summed E-state index contributed by atoms with van der Waals surface area (Å²) in [4.78, 5) is 36.5. The Balaban J connectivity index is 0.000000185. The van der Waals surface area contributed by atoms with Crippen molar-refractivity contribution in [3.8, 4) is 0 Å². The monoisotopic (exact) mass is 661 g/mol. The summed E-state index contributed by atoms with van der Waals surface area (Å²) in [6.07, 6.45) is 6.34. The van der Waals surface area contributed by atoms with Gasteiger partial charge in [-0.1, -0.05) is 35.9 Å². The SMILES string of the molecule is Cc1ocnc1C(=O)Nc1ccc(CC[C@H]2COC(N)=N2)cc1.Cn1cc(Cl)c(C(=O)Nc2ccc(CC[C@H]3COC(N)=N3)cc2)n1. The molecule has 0 saturated heterocycles. The van der Waals surface area contributed by atoms with Crippen molar-refractivity contribution >= 4 is 46.8 Å². The van der Waals surface area contributed by atoms with Crippen LogP contribution in [0.3, 0.4) is 0 Å². The number of ether oxygens (including phenoxy) is 2. The van der Waals surface area contributed by atoms with Gasteiger partial charge in [0.05, 0.1) is 17.1 Å². The zero-order chi connectivity index (χ0) is 33.3. The van der Waals surface area contributed by atoms with E-state index < -0.39 is 0 Å². The van der Waals surface area contributed by atoms with Crippen molar-refractivity contribution in [2.45, 2.75) is 44.7 Å². The Morgan fingerprint density at radius 1 is 0.851 bits per heavy atom. The van der Waals surface area contributed by atoms with E-state index in [4.69, 9.17) is 37.0 Å². The van der Waals surface area contributed by atoms with Crippen LogP contribution in [0.25, 0.3) is 0 Å². The Labute approximate surface area is 276 Å². The average molecular weight is 662 g/mol. The highest BCUT2D eigenvalue weighted by Gasteiger charge is 2.18. The lowest BCUT2D eigenvalue weighted by Crippen LogP contribution is -2.13. The van der Waals surface area contributed by atoms with Crippen LogP contribution in [-0.2, 0) is 29.4 Å². The number of benzene rings is 2. The summed E-state index contributed by atoms with van der Waals surface area (Å²) in [7, 11) is 1.71. The normalized spacial score (nSPS) is 16.7. The van der Waals surface area contributed by atoms with Crippen molar-refractivity contribution in [3.05, 3.63) is 94.4 Å². The van der Waals surface area contributed by atoms with Gasteiger partial charge < -0.3 is 36.0 Å². The van der Waals surface area contributed by atoms with Crippen molar-refractivity contribution in [3.63, 3.8) is 0 Å². The standard InChI is InChI=1S/C16H18ClN5O2.C16H18N4O3/c1-22-8-13(17)14(21-22)15(23)19-11-5-2-10(3-6-11)4-7-12-9-24-16(18)20-12;1-10-14(18-9-23-10)15(21)19-12-5-2-11(3-6-12)4-7-13-8-22-16(17)20-13/h2-3,5-6,8,12H,4,7,9H2,1H3,(H2,18,20)(H,19,23);2-3,5-6,9,13H,4,7-8H2,1H3,(H2,17,20)(H,19,21)/t12-;13-/m00/s1. The van der Waals surface area contributed by atoms with Crippen LogP contribution in [0.1, 0.15) is 50.7 Å². The van der Waals surface area contributed by atoms with Gasteiger partial charge in [0, 0.05) is 24.6 Å². The summed E-state index contributed by atoms with van der Waals surface area (Å²) in [5.74, 6) is -0.115. The van der Waals surface area contributed by atoms with Gasteiger partial charge in [-0.3, -0.25) is 14.3 Å². The number of anilines is 2. The minimum Gasteiger partial charge on any atom is -0.463 e. The van der Waals surface area contributed by atoms with Crippen LogP contribution in [-0.4, -0.2) is 63.9 Å². The molecule has 2 aliphatic heterocycles. The number of halogens is 1. The second kappa shape index (κ2) is 15.3. The highest BCUT2D eigenvalue weighted by molar-refractivity contribution is 6.34. The first-order valence-corrected chi connectivity index (χ1v) is 15.3. The second-order valence-corrected chi connectivity index (χ2v) is 11.4. The van der Waals surface area contributed by atoms with Crippen LogP contribution in [0.15, 0.2) is 75.5 Å². The maximum Gasteiger partial charge on any atom is 0.282 e. The van der Waals surface area contributed by atoms with E-state index in [9.17, 15) is 9.59 Å². The molecule has 0 aliphatic carbocycles. The summed E-state index contributed by atoms with van der Waals surface area (Å²) in [5, 5.41) is 9.95. The highest BCUT2D eigenvalue weighted by Crippen LogP contribution is 2.19. The molecule has 0 fully saturated rings. The van der Waals surface area contributed by atoms with Gasteiger partial charge in [0.15, 0.2) is 17.8 Å². The van der Waals surface area contributed by atoms with E-state index in [-0.39, 0.29) is 41.6 Å². The number of carbonyl (C=O) groups excluding carboxylic acids is 2. The number of aromatic nitrogens is 3. The summed E-state index contributed by atoms with van der Waals surface area (Å²) in [6, 6.07) is 16.1. The van der Waals surface area contributed by atoms with Gasteiger partial charge in [0.2, 0.25) is 0 Å². The molecule has 6 N–H and O–H groups in total. The number of rotatable bonds is 10. The van der Waals surface area contributed by atoms with E-state index >= 15 is 0 Å². The molecule has 2 amide bonds. The van der Waals surface area contributed by atoms with E-state index in [1.807, 2.05) is 48.5 Å². The summed E-state index contributed by atoms with van der Waals surface area (Å²) >= 11 is 5.97. The lowest BCUT2D eigenvalue weighted by atomic mass is 10.1. The lowest BCUT2D eigenvalue weighted by Gasteiger charge is -2.07. The van der Waals surface area contributed by atoms with Crippen molar-refractivity contribution in [2.24, 2.45) is 28.5 Å². The van der Waals surface area contributed by atoms with Crippen LogP contribution >= 0.6 is 11.6 Å². The third-order valence-electron chi connectivity index (χ3n) is 7.38. The van der Waals surface area contributed by atoms with Crippen LogP contribution in [0.2, 0.25) is 5.02 Å². The molecule has 246 valence electrons. The number of aliphatic imine (C=N–C) groups is 2. The minimum absolute atomic E-state index is 0.121. The van der Waals surface area contributed by atoms with Gasteiger partial charge in [0.25, 0.3) is 23.9 Å². The Morgan fingerprint density at radius 2 is 1.34 bits per heavy atom. The maximum absolute atomic E-state index is 12.2. The van der Waals surface area contributed by atoms with Crippen LogP contribution in [0, 0.1) is 6.92 Å². The van der Waals surface area contributed by atoms with Crippen LogP contribution in [0.5, 0.6) is 0 Å². The quantitative estimate of drug-likeness (QED) is 0.195. The summed E-state index contributed by atoms with van der Waals surface area (Å²) in [6.45, 7) is 2.80. The van der Waals surface area contributed by atoms with Crippen LogP contribution < -0.4 is 22.1 Å². The number of oxazole rings is 1. The van der Waals surface area contributed by atoms with E-state index in [0.29, 0.717) is 41.1 Å². The van der Waals surface area contributed by atoms with Gasteiger partial charge in [-0.15, -0.1) is 0 Å². The fourth-order valence-corrected chi connectivity index (χ4v) is 5.13. The molecule has 47 heavy (non-hydrogen) atoms. The molecule has 0 radical (unpaired) electrons. The summed E-state index contributed by atoms with van der Waals surface area (Å²) in [5.41, 5.74) is 15.2. The Hall–Kier alpha value is -5.37. The number of amides is 2. The predicted octanol–water partition coefficient (Wildman–Crippen LogP) is 3.85. The third kappa shape index (κ3) is 9.33. The van der Waals surface area contributed by atoms with Crippen molar-refractivity contribution in [1.82, 2.24) is 14.8 Å². The van der Waals surface area contributed by atoms with Gasteiger partial charge in [-0.05, 0) is 68.0 Å². The molecule has 0 saturated carbocycles. The molecule has 4 heterocycles. The minimum atomic E-state index is -0.332. The molecule has 0 bridgehead atoms. The van der Waals surface area contributed by atoms with Gasteiger partial charge >= 0.3 is 0 Å². The number of nitrogens with zero attached hydrogens (tertiary/aromatic N) is 5. The molecule has 0 spiro atoms. The van der Waals surface area contributed by atoms with E-state index in [0.717, 1.165) is 31.2 Å². The second-order valence-electron chi connectivity index (χ2n) is 11.0. The number of hydrogen-bond donors (Lipinski definition) is 4. The number of aryl methyl sites for hydroxylation is 4. The molecule has 4 aromatic rings. The van der Waals surface area contributed by atoms with Crippen LogP contribution in [0.4, 0.5) is 11.4 Å². The van der Waals surface area contributed by atoms with Gasteiger partial charge in [-0.2, -0.15) is 5.10 Å². The molecule has 6 rings (SSSR count). The molecule has 14 nitrogen and oxygen atoms in total. The maximum atomic E-state index is 12.2. The number of nitrogens with two attached hydrogens (primary N) is 2. The highest BCUT2D eigenvalue weighted by atomic mass is 35.5. The molecule has 0 unspecified atom stereocenters. The Kier molecular flexibility index (Phi) is 10.7. The Morgan fingerprint density at radius 3 is 1.72 bits per heavy atom. The fraction of sp³-hybridized carbons (Fsp3) is 0.312. The van der Waals surface area contributed by atoms with Crippen molar-refractivity contribution in [2.75, 3.05) is 23.8 Å².